The van der Waals surface area contributed by atoms with Gasteiger partial charge in [-0.15, -0.1) is 0 Å². The van der Waals surface area contributed by atoms with Crippen molar-refractivity contribution in [3.05, 3.63) is 0 Å². The number of hydrogen-bond donors (Lipinski definition) is 1. The quantitative estimate of drug-likeness (QED) is 0.638. The Morgan fingerprint density at radius 2 is 2.07 bits per heavy atom. The molecule has 3 fully saturated rings. The fourth-order valence-electron chi connectivity index (χ4n) is 3.93. The van der Waals surface area contributed by atoms with E-state index in [0.29, 0.717) is 0 Å². The largest absolute Gasteiger partial charge is 0.366 e. The maximum absolute atomic E-state index is 6.39. The molecule has 1 N–H and O–H groups in total. The monoisotopic (exact) mass is 195 g/mol. The van der Waals surface area contributed by atoms with Crippen LogP contribution in [0, 0.1) is 11.8 Å². The molecule has 2 bridgehead atoms. The molecule has 0 amide bonds. The summed E-state index contributed by atoms with van der Waals surface area (Å²) >= 11 is 0. The lowest BCUT2D eigenvalue weighted by Crippen LogP contribution is -2.60. The fraction of sp³-hybridized carbons (Fsp3) is 1.00. The van der Waals surface area contributed by atoms with Crippen molar-refractivity contribution < 1.29 is 4.74 Å². The first-order chi connectivity index (χ1) is 6.60. The van der Waals surface area contributed by atoms with Crippen molar-refractivity contribution in [3.8, 4) is 0 Å². The molecule has 1 saturated heterocycles. The van der Waals surface area contributed by atoms with Crippen molar-refractivity contribution in [2.24, 2.45) is 11.8 Å². The van der Waals surface area contributed by atoms with Crippen LogP contribution in [0.25, 0.3) is 0 Å². The van der Waals surface area contributed by atoms with Gasteiger partial charge in [0.25, 0.3) is 0 Å². The minimum Gasteiger partial charge on any atom is -0.366 e. The van der Waals surface area contributed by atoms with Crippen LogP contribution in [0.1, 0.15) is 39.5 Å². The van der Waals surface area contributed by atoms with Gasteiger partial charge in [0, 0.05) is 13.1 Å². The molecular weight excluding hydrogens is 174 g/mol. The number of fused-ring (bicyclic) bond motifs is 3. The first-order valence-electron chi connectivity index (χ1n) is 6.01. The van der Waals surface area contributed by atoms with E-state index in [2.05, 4.69) is 19.2 Å². The summed E-state index contributed by atoms with van der Waals surface area (Å²) in [5, 5.41) is 3.57. The Labute approximate surface area is 86.4 Å². The van der Waals surface area contributed by atoms with Gasteiger partial charge < -0.3 is 10.1 Å². The van der Waals surface area contributed by atoms with Crippen LogP contribution in [0.5, 0.6) is 0 Å². The van der Waals surface area contributed by atoms with Crippen molar-refractivity contribution in [2.75, 3.05) is 13.1 Å². The number of nitrogens with one attached hydrogen (secondary N) is 1. The van der Waals surface area contributed by atoms with E-state index in [9.17, 15) is 0 Å². The van der Waals surface area contributed by atoms with Crippen LogP contribution in [0.4, 0.5) is 0 Å². The van der Waals surface area contributed by atoms with E-state index in [1.165, 1.54) is 25.7 Å². The molecule has 3 atom stereocenters. The average Bonchev–Trinajstić information content (AvgIpc) is 2.60. The molecule has 3 aliphatic rings. The zero-order valence-corrected chi connectivity index (χ0v) is 9.31. The lowest BCUT2D eigenvalue weighted by molar-refractivity contribution is -0.184. The summed E-state index contributed by atoms with van der Waals surface area (Å²) in [5.41, 5.74) is 0.257. The van der Waals surface area contributed by atoms with Crippen LogP contribution in [0.15, 0.2) is 0 Å². The predicted octanol–water partition coefficient (Wildman–Crippen LogP) is 1.94. The van der Waals surface area contributed by atoms with Crippen molar-refractivity contribution in [3.63, 3.8) is 0 Å². The van der Waals surface area contributed by atoms with Crippen molar-refractivity contribution in [1.29, 1.82) is 0 Å². The Morgan fingerprint density at radius 3 is 2.64 bits per heavy atom. The summed E-state index contributed by atoms with van der Waals surface area (Å²) in [5.74, 6) is 1.82. The molecule has 2 nitrogen and oxygen atoms in total. The van der Waals surface area contributed by atoms with Gasteiger partial charge in [-0.05, 0) is 51.4 Å². The molecule has 2 aliphatic carbocycles. The van der Waals surface area contributed by atoms with E-state index >= 15 is 0 Å². The molecule has 0 aromatic carbocycles. The second-order valence-corrected chi connectivity index (χ2v) is 6.11. The van der Waals surface area contributed by atoms with E-state index in [0.717, 1.165) is 24.9 Å². The smallest absolute Gasteiger partial charge is 0.0844 e. The molecule has 80 valence electrons. The molecule has 2 heteroatoms. The number of morpholine rings is 1. The van der Waals surface area contributed by atoms with Crippen molar-refractivity contribution in [2.45, 2.75) is 50.7 Å². The SMILES string of the molecule is CC1(C)CNC[C@]2(C[C@@H]3CC[C@H]2C3)O1. The summed E-state index contributed by atoms with van der Waals surface area (Å²) in [7, 11) is 0. The Kier molecular flexibility index (Phi) is 1.79. The summed E-state index contributed by atoms with van der Waals surface area (Å²) in [6, 6.07) is 0. The van der Waals surface area contributed by atoms with Gasteiger partial charge >= 0.3 is 0 Å². The highest BCUT2D eigenvalue weighted by Crippen LogP contribution is 2.54. The van der Waals surface area contributed by atoms with E-state index in [1.807, 2.05) is 0 Å². The third-order valence-corrected chi connectivity index (χ3v) is 4.37. The third kappa shape index (κ3) is 1.24. The van der Waals surface area contributed by atoms with E-state index in [-0.39, 0.29) is 11.2 Å². The average molecular weight is 195 g/mol. The molecule has 0 aromatic heterocycles. The van der Waals surface area contributed by atoms with Crippen LogP contribution in [0.2, 0.25) is 0 Å². The maximum atomic E-state index is 6.39. The zero-order chi connectivity index (χ0) is 9.81. The molecule has 3 rings (SSSR count). The van der Waals surface area contributed by atoms with Gasteiger partial charge in [0.1, 0.15) is 0 Å². The summed E-state index contributed by atoms with van der Waals surface area (Å²) in [4.78, 5) is 0. The predicted molar refractivity (Wildman–Crippen MR) is 56.2 cm³/mol. The Hall–Kier alpha value is -0.0800. The molecule has 14 heavy (non-hydrogen) atoms. The van der Waals surface area contributed by atoms with Crippen LogP contribution in [0.3, 0.4) is 0 Å². The zero-order valence-electron chi connectivity index (χ0n) is 9.31. The number of ether oxygens (including phenoxy) is 1. The van der Waals surface area contributed by atoms with Gasteiger partial charge in [-0.1, -0.05) is 0 Å². The molecule has 2 saturated carbocycles. The summed E-state index contributed by atoms with van der Waals surface area (Å²) < 4.78 is 6.39. The standard InChI is InChI=1S/C12H21NO/c1-11(2)7-13-8-12(14-11)6-9-3-4-10(12)5-9/h9-10,13H,3-8H2,1-2H3/t9-,10+,12+/m1/s1. The Balaban J connectivity index is 1.83. The lowest BCUT2D eigenvalue weighted by atomic mass is 9.82. The van der Waals surface area contributed by atoms with Crippen molar-refractivity contribution in [1.82, 2.24) is 5.32 Å². The molecular formula is C12H21NO. The molecule has 0 aromatic rings. The highest BCUT2D eigenvalue weighted by Gasteiger charge is 2.55. The number of rotatable bonds is 0. The summed E-state index contributed by atoms with van der Waals surface area (Å²) in [6.07, 6.45) is 5.60. The number of hydrogen-bond acceptors (Lipinski definition) is 2. The molecule has 1 heterocycles. The molecule has 1 aliphatic heterocycles. The highest BCUT2D eigenvalue weighted by atomic mass is 16.5. The Bertz CT molecular complexity index is 251. The second-order valence-electron chi connectivity index (χ2n) is 6.11. The van der Waals surface area contributed by atoms with E-state index < -0.39 is 0 Å². The lowest BCUT2D eigenvalue weighted by Gasteiger charge is -2.48. The van der Waals surface area contributed by atoms with Crippen LogP contribution in [-0.4, -0.2) is 24.3 Å². The normalized spacial score (nSPS) is 50.1. The third-order valence-electron chi connectivity index (χ3n) is 4.37. The van der Waals surface area contributed by atoms with Gasteiger partial charge in [0.05, 0.1) is 11.2 Å². The van der Waals surface area contributed by atoms with Gasteiger partial charge in [-0.2, -0.15) is 0 Å². The van der Waals surface area contributed by atoms with Gasteiger partial charge in [-0.3, -0.25) is 0 Å². The second kappa shape index (κ2) is 2.73. The van der Waals surface area contributed by atoms with Crippen molar-refractivity contribution >= 4 is 0 Å². The maximum Gasteiger partial charge on any atom is 0.0844 e. The Morgan fingerprint density at radius 1 is 1.21 bits per heavy atom. The minimum atomic E-state index is 0.0444. The topological polar surface area (TPSA) is 21.3 Å². The van der Waals surface area contributed by atoms with Crippen LogP contribution < -0.4 is 5.32 Å². The fourth-order valence-corrected chi connectivity index (χ4v) is 3.93. The molecule has 0 unspecified atom stereocenters. The molecule has 1 spiro atoms. The minimum absolute atomic E-state index is 0.0444. The molecule has 0 radical (unpaired) electrons. The first kappa shape index (κ1) is 9.17. The highest BCUT2D eigenvalue weighted by molar-refractivity contribution is 5.06. The van der Waals surface area contributed by atoms with Gasteiger partial charge in [-0.25, -0.2) is 0 Å². The first-order valence-corrected chi connectivity index (χ1v) is 6.01. The van der Waals surface area contributed by atoms with Crippen LogP contribution >= 0.6 is 0 Å². The summed E-state index contributed by atoms with van der Waals surface area (Å²) in [6.45, 7) is 6.53. The van der Waals surface area contributed by atoms with Crippen LogP contribution in [-0.2, 0) is 4.74 Å². The van der Waals surface area contributed by atoms with Gasteiger partial charge in [0.2, 0.25) is 0 Å². The van der Waals surface area contributed by atoms with Gasteiger partial charge in [0.15, 0.2) is 0 Å². The van der Waals surface area contributed by atoms with E-state index in [4.69, 9.17) is 4.74 Å². The van der Waals surface area contributed by atoms with E-state index in [1.54, 1.807) is 0 Å².